The van der Waals surface area contributed by atoms with Gasteiger partial charge in [0.2, 0.25) is 0 Å². The van der Waals surface area contributed by atoms with Crippen molar-refractivity contribution in [1.82, 2.24) is 0 Å². The maximum atomic E-state index is 5.83. The van der Waals surface area contributed by atoms with Gasteiger partial charge in [-0.05, 0) is 24.7 Å². The van der Waals surface area contributed by atoms with Crippen molar-refractivity contribution in [2.24, 2.45) is 11.8 Å². The minimum Gasteiger partial charge on any atom is -0.360 e. The Morgan fingerprint density at radius 2 is 2.29 bits per heavy atom. The summed E-state index contributed by atoms with van der Waals surface area (Å²) in [6, 6.07) is 0. The summed E-state index contributed by atoms with van der Waals surface area (Å²) >= 11 is 2.38. The molecule has 0 saturated carbocycles. The minimum atomic E-state index is 0.303. The van der Waals surface area contributed by atoms with Gasteiger partial charge in [-0.15, -0.1) is 0 Å². The van der Waals surface area contributed by atoms with E-state index in [0.717, 1.165) is 5.92 Å². The Bertz CT molecular complexity index is 210. The largest absolute Gasteiger partial charge is 0.360 e. The van der Waals surface area contributed by atoms with Crippen molar-refractivity contribution in [2.45, 2.75) is 36.9 Å². The molecule has 1 fully saturated rings. The maximum absolute atomic E-state index is 5.83. The summed E-state index contributed by atoms with van der Waals surface area (Å²) in [6.45, 7) is 8.23. The van der Waals surface area contributed by atoms with E-state index in [9.17, 15) is 0 Å². The molecule has 0 spiro atoms. The summed E-state index contributed by atoms with van der Waals surface area (Å²) in [5, 5.41) is 0. The number of halogens is 1. The summed E-state index contributed by atoms with van der Waals surface area (Å²) in [4.78, 5) is 0. The van der Waals surface area contributed by atoms with E-state index in [2.05, 4.69) is 49.1 Å². The van der Waals surface area contributed by atoms with Crippen LogP contribution in [-0.2, 0) is 4.74 Å². The molecule has 0 aromatic rings. The first-order valence-corrected chi connectivity index (χ1v) is 6.46. The van der Waals surface area contributed by atoms with Crippen LogP contribution in [0.3, 0.4) is 0 Å². The molecule has 0 N–H and O–H groups in total. The zero-order chi connectivity index (χ0) is 10.6. The third-order valence-electron chi connectivity index (χ3n) is 2.47. The number of hydrogen-bond donors (Lipinski definition) is 0. The van der Waals surface area contributed by atoms with Gasteiger partial charge in [-0.25, -0.2) is 0 Å². The van der Waals surface area contributed by atoms with Crippen molar-refractivity contribution < 1.29 is 4.74 Å². The molecule has 1 heterocycles. The Morgan fingerprint density at radius 3 is 2.86 bits per heavy atom. The number of hydrogen-bond acceptors (Lipinski definition) is 1. The monoisotopic (exact) mass is 306 g/mol. The molecule has 0 aromatic carbocycles. The molecule has 3 atom stereocenters. The first-order chi connectivity index (χ1) is 6.63. The molecular weight excluding hydrogens is 287 g/mol. The summed E-state index contributed by atoms with van der Waals surface area (Å²) in [5.41, 5.74) is 0. The SMILES string of the molecule is C=C/C=C\[C@@H]1O[C@H](I)CC1CC(C)C. The average molecular weight is 306 g/mol. The lowest BCUT2D eigenvalue weighted by Crippen LogP contribution is -2.14. The normalized spacial score (nSPS) is 33.0. The molecule has 0 bridgehead atoms. The maximum Gasteiger partial charge on any atom is 0.110 e. The van der Waals surface area contributed by atoms with Crippen molar-refractivity contribution in [3.63, 3.8) is 0 Å². The molecular formula is C12H19IO. The molecule has 0 aliphatic carbocycles. The highest BCUT2D eigenvalue weighted by Crippen LogP contribution is 2.35. The summed E-state index contributed by atoms with van der Waals surface area (Å²) in [7, 11) is 0. The minimum absolute atomic E-state index is 0.303. The molecule has 14 heavy (non-hydrogen) atoms. The van der Waals surface area contributed by atoms with E-state index >= 15 is 0 Å². The lowest BCUT2D eigenvalue weighted by atomic mass is 9.91. The first kappa shape index (κ1) is 12.2. The van der Waals surface area contributed by atoms with Gasteiger partial charge in [-0.3, -0.25) is 0 Å². The van der Waals surface area contributed by atoms with Gasteiger partial charge in [-0.1, -0.05) is 61.2 Å². The first-order valence-electron chi connectivity index (χ1n) is 5.22. The second-order valence-corrected chi connectivity index (χ2v) is 5.65. The third-order valence-corrected chi connectivity index (χ3v) is 3.27. The van der Waals surface area contributed by atoms with Gasteiger partial charge in [0.15, 0.2) is 0 Å². The van der Waals surface area contributed by atoms with Gasteiger partial charge < -0.3 is 4.74 Å². The van der Waals surface area contributed by atoms with Crippen LogP contribution in [0.5, 0.6) is 0 Å². The van der Waals surface area contributed by atoms with E-state index in [1.807, 2.05) is 12.2 Å². The highest BCUT2D eigenvalue weighted by Gasteiger charge is 2.31. The Kier molecular flexibility index (Phi) is 5.17. The van der Waals surface area contributed by atoms with Gasteiger partial charge in [0.25, 0.3) is 0 Å². The number of ether oxygens (including phenoxy) is 1. The van der Waals surface area contributed by atoms with Crippen LogP contribution in [0.1, 0.15) is 26.7 Å². The van der Waals surface area contributed by atoms with Gasteiger partial charge in [0.05, 0.1) is 6.10 Å². The highest BCUT2D eigenvalue weighted by molar-refractivity contribution is 14.1. The highest BCUT2D eigenvalue weighted by atomic mass is 127. The van der Waals surface area contributed by atoms with Crippen LogP contribution >= 0.6 is 22.6 Å². The Morgan fingerprint density at radius 1 is 1.57 bits per heavy atom. The second-order valence-electron chi connectivity index (χ2n) is 4.26. The molecule has 80 valence electrons. The predicted molar refractivity (Wildman–Crippen MR) is 69.6 cm³/mol. The van der Waals surface area contributed by atoms with E-state index in [-0.39, 0.29) is 0 Å². The molecule has 0 aromatic heterocycles. The van der Waals surface area contributed by atoms with E-state index in [4.69, 9.17) is 4.74 Å². The van der Waals surface area contributed by atoms with Crippen molar-refractivity contribution in [3.05, 3.63) is 24.8 Å². The quantitative estimate of drug-likeness (QED) is 0.434. The molecule has 2 heteroatoms. The topological polar surface area (TPSA) is 9.23 Å². The van der Waals surface area contributed by atoms with Crippen molar-refractivity contribution in [2.75, 3.05) is 0 Å². The molecule has 0 radical (unpaired) electrons. The van der Waals surface area contributed by atoms with Crippen LogP contribution in [0, 0.1) is 11.8 Å². The van der Waals surface area contributed by atoms with Crippen molar-refractivity contribution in [3.8, 4) is 0 Å². The number of alkyl halides is 1. The van der Waals surface area contributed by atoms with Crippen molar-refractivity contribution >= 4 is 22.6 Å². The fraction of sp³-hybridized carbons (Fsp3) is 0.667. The molecule has 0 amide bonds. The van der Waals surface area contributed by atoms with Crippen LogP contribution in [0.2, 0.25) is 0 Å². The Balaban J connectivity index is 2.53. The lowest BCUT2D eigenvalue weighted by molar-refractivity contribution is 0.113. The summed E-state index contributed by atoms with van der Waals surface area (Å²) < 4.78 is 6.21. The van der Waals surface area contributed by atoms with Crippen LogP contribution < -0.4 is 0 Å². The van der Waals surface area contributed by atoms with Crippen molar-refractivity contribution in [1.29, 1.82) is 0 Å². The van der Waals surface area contributed by atoms with Gasteiger partial charge in [0, 0.05) is 0 Å². The fourth-order valence-corrected chi connectivity index (χ4v) is 2.93. The van der Waals surface area contributed by atoms with Gasteiger partial charge in [-0.2, -0.15) is 0 Å². The second kappa shape index (κ2) is 5.91. The van der Waals surface area contributed by atoms with Crippen LogP contribution in [-0.4, -0.2) is 10.2 Å². The molecule has 1 aliphatic heterocycles. The zero-order valence-electron chi connectivity index (χ0n) is 8.95. The molecule has 1 rings (SSSR count). The fourth-order valence-electron chi connectivity index (χ4n) is 1.94. The zero-order valence-corrected chi connectivity index (χ0v) is 11.1. The van der Waals surface area contributed by atoms with E-state index in [1.165, 1.54) is 12.8 Å². The molecule has 1 saturated heterocycles. The van der Waals surface area contributed by atoms with Crippen LogP contribution in [0.4, 0.5) is 0 Å². The summed E-state index contributed by atoms with van der Waals surface area (Å²) in [6.07, 6.45) is 8.69. The molecule has 1 aliphatic rings. The van der Waals surface area contributed by atoms with E-state index in [0.29, 0.717) is 16.1 Å². The lowest BCUT2D eigenvalue weighted by Gasteiger charge is -2.16. The number of rotatable bonds is 4. The third kappa shape index (κ3) is 3.73. The van der Waals surface area contributed by atoms with E-state index < -0.39 is 0 Å². The smallest absolute Gasteiger partial charge is 0.110 e. The Hall–Kier alpha value is 0.170. The van der Waals surface area contributed by atoms with Crippen LogP contribution in [0.15, 0.2) is 24.8 Å². The van der Waals surface area contributed by atoms with Gasteiger partial charge in [0.1, 0.15) is 4.11 Å². The predicted octanol–water partition coefficient (Wildman–Crippen LogP) is 3.94. The molecule has 1 unspecified atom stereocenters. The molecule has 1 nitrogen and oxygen atoms in total. The average Bonchev–Trinajstić information content (AvgIpc) is 2.41. The number of allylic oxidation sites excluding steroid dienone is 2. The van der Waals surface area contributed by atoms with Gasteiger partial charge >= 0.3 is 0 Å². The van der Waals surface area contributed by atoms with E-state index in [1.54, 1.807) is 0 Å². The Labute approximate surface area is 101 Å². The summed E-state index contributed by atoms with van der Waals surface area (Å²) in [5.74, 6) is 1.44. The van der Waals surface area contributed by atoms with Crippen LogP contribution in [0.25, 0.3) is 0 Å². The standard InChI is InChI=1S/C12H19IO/c1-4-5-6-11-10(7-9(2)3)8-12(13)14-11/h4-6,9-12H,1,7-8H2,2-3H3/b6-5-/t10?,11-,12-/m0/s1.